The molecule has 1 aromatic carbocycles. The Morgan fingerprint density at radius 2 is 1.90 bits per heavy atom. The number of nitrogens with zero attached hydrogens (tertiary/aromatic N) is 3. The first-order valence-corrected chi connectivity index (χ1v) is 6.62. The largest absolute Gasteiger partial charge is 0.332 e. The van der Waals surface area contributed by atoms with Gasteiger partial charge in [-0.05, 0) is 38.2 Å². The number of aryl methyl sites for hydroxylation is 2. The number of rotatable bonds is 3. The Labute approximate surface area is 127 Å². The number of benzene rings is 1. The Balaban J connectivity index is 2.06. The number of hydrogen-bond donors (Lipinski definition) is 2. The zero-order valence-electron chi connectivity index (χ0n) is 11.9. The monoisotopic (exact) mass is 305 g/mol. The molecule has 2 aromatic rings. The topological polar surface area (TPSA) is 85.0 Å². The van der Waals surface area contributed by atoms with E-state index < -0.39 is 4.92 Å². The highest BCUT2D eigenvalue weighted by Gasteiger charge is 2.11. The molecule has 0 radical (unpaired) electrons. The molecule has 0 fully saturated rings. The lowest BCUT2D eigenvalue weighted by Crippen LogP contribution is -2.19. The summed E-state index contributed by atoms with van der Waals surface area (Å²) in [6, 6.07) is 6.06. The van der Waals surface area contributed by atoms with E-state index in [2.05, 4.69) is 15.7 Å². The van der Waals surface area contributed by atoms with Gasteiger partial charge in [-0.25, -0.2) is 0 Å². The SMILES string of the molecule is Cc1nn(C)c(C)c1NC(=S)Nc1ccc([N+](=O)[O-])cc1. The first-order chi connectivity index (χ1) is 9.88. The molecule has 21 heavy (non-hydrogen) atoms. The van der Waals surface area contributed by atoms with Crippen molar-refractivity contribution in [3.05, 3.63) is 45.8 Å². The number of non-ortho nitro benzene ring substituents is 1. The van der Waals surface area contributed by atoms with E-state index in [9.17, 15) is 10.1 Å². The maximum atomic E-state index is 10.6. The molecule has 2 rings (SSSR count). The Kier molecular flexibility index (Phi) is 4.18. The molecule has 0 saturated heterocycles. The van der Waals surface area contributed by atoms with E-state index in [4.69, 9.17) is 12.2 Å². The van der Waals surface area contributed by atoms with Gasteiger partial charge in [-0.2, -0.15) is 5.10 Å². The van der Waals surface area contributed by atoms with Crippen molar-refractivity contribution in [3.63, 3.8) is 0 Å². The average Bonchev–Trinajstić information content (AvgIpc) is 2.66. The quantitative estimate of drug-likeness (QED) is 0.515. The number of nitro groups is 1. The molecule has 0 unspecified atom stereocenters. The first kappa shape index (κ1) is 14.9. The third kappa shape index (κ3) is 3.34. The van der Waals surface area contributed by atoms with Crippen molar-refractivity contribution in [2.45, 2.75) is 13.8 Å². The third-order valence-corrected chi connectivity index (χ3v) is 3.29. The van der Waals surface area contributed by atoms with Crippen LogP contribution in [-0.2, 0) is 7.05 Å². The van der Waals surface area contributed by atoms with Gasteiger partial charge in [0.1, 0.15) is 0 Å². The highest BCUT2D eigenvalue weighted by atomic mass is 32.1. The summed E-state index contributed by atoms with van der Waals surface area (Å²) >= 11 is 5.24. The number of aromatic nitrogens is 2. The molecule has 8 heteroatoms. The number of thiocarbonyl (C=S) groups is 1. The van der Waals surface area contributed by atoms with Gasteiger partial charge in [-0.1, -0.05) is 0 Å². The molecule has 0 saturated carbocycles. The fraction of sp³-hybridized carbons (Fsp3) is 0.231. The van der Waals surface area contributed by atoms with Crippen molar-refractivity contribution in [1.82, 2.24) is 9.78 Å². The van der Waals surface area contributed by atoms with Crippen molar-refractivity contribution < 1.29 is 4.92 Å². The van der Waals surface area contributed by atoms with E-state index in [0.717, 1.165) is 17.1 Å². The molecule has 0 amide bonds. The lowest BCUT2D eigenvalue weighted by atomic mass is 10.3. The van der Waals surface area contributed by atoms with Gasteiger partial charge in [-0.15, -0.1) is 0 Å². The fourth-order valence-electron chi connectivity index (χ4n) is 1.90. The fourth-order valence-corrected chi connectivity index (χ4v) is 2.12. The Bertz CT molecular complexity index is 693. The van der Waals surface area contributed by atoms with Crippen molar-refractivity contribution in [2.24, 2.45) is 7.05 Å². The molecule has 1 aromatic heterocycles. The maximum absolute atomic E-state index is 10.6. The second-order valence-electron chi connectivity index (χ2n) is 4.55. The molecular weight excluding hydrogens is 290 g/mol. The average molecular weight is 305 g/mol. The lowest BCUT2D eigenvalue weighted by molar-refractivity contribution is -0.384. The second-order valence-corrected chi connectivity index (χ2v) is 4.96. The summed E-state index contributed by atoms with van der Waals surface area (Å²) < 4.78 is 1.77. The van der Waals surface area contributed by atoms with Crippen LogP contribution in [0.4, 0.5) is 17.1 Å². The predicted molar refractivity (Wildman–Crippen MR) is 85.6 cm³/mol. The van der Waals surface area contributed by atoms with Crippen molar-refractivity contribution in [3.8, 4) is 0 Å². The van der Waals surface area contributed by atoms with Crippen LogP contribution in [-0.4, -0.2) is 19.8 Å². The number of anilines is 2. The third-order valence-electron chi connectivity index (χ3n) is 3.08. The predicted octanol–water partition coefficient (Wildman–Crippen LogP) is 2.75. The van der Waals surface area contributed by atoms with Crippen molar-refractivity contribution in [2.75, 3.05) is 10.6 Å². The van der Waals surface area contributed by atoms with E-state index in [0.29, 0.717) is 10.8 Å². The smallest absolute Gasteiger partial charge is 0.269 e. The summed E-state index contributed by atoms with van der Waals surface area (Å²) in [7, 11) is 1.86. The molecule has 0 spiro atoms. The Morgan fingerprint density at radius 3 is 2.38 bits per heavy atom. The van der Waals surface area contributed by atoms with Gasteiger partial charge in [0.25, 0.3) is 5.69 Å². The first-order valence-electron chi connectivity index (χ1n) is 6.21. The molecule has 0 atom stereocenters. The van der Waals surface area contributed by atoms with Crippen molar-refractivity contribution >= 4 is 34.4 Å². The minimum Gasteiger partial charge on any atom is -0.332 e. The van der Waals surface area contributed by atoms with Crippen molar-refractivity contribution in [1.29, 1.82) is 0 Å². The second kappa shape index (κ2) is 5.88. The van der Waals surface area contributed by atoms with Gasteiger partial charge in [0.05, 0.1) is 22.0 Å². The summed E-state index contributed by atoms with van der Waals surface area (Å²) in [5, 5.41) is 21.4. The summed E-state index contributed by atoms with van der Waals surface area (Å²) in [6.07, 6.45) is 0. The van der Waals surface area contributed by atoms with E-state index in [1.807, 2.05) is 20.9 Å². The number of nitrogens with one attached hydrogen (secondary N) is 2. The molecule has 0 aliphatic heterocycles. The van der Waals surface area contributed by atoms with Crippen LogP contribution in [0.1, 0.15) is 11.4 Å². The molecule has 0 aliphatic rings. The summed E-state index contributed by atoms with van der Waals surface area (Å²) in [5.74, 6) is 0. The van der Waals surface area contributed by atoms with Crippen LogP contribution in [0.15, 0.2) is 24.3 Å². The van der Waals surface area contributed by atoms with Crippen LogP contribution >= 0.6 is 12.2 Å². The van der Waals surface area contributed by atoms with Crippen LogP contribution in [0.2, 0.25) is 0 Å². The summed E-state index contributed by atoms with van der Waals surface area (Å²) in [4.78, 5) is 10.1. The van der Waals surface area contributed by atoms with E-state index in [1.165, 1.54) is 12.1 Å². The van der Waals surface area contributed by atoms with E-state index >= 15 is 0 Å². The highest BCUT2D eigenvalue weighted by Crippen LogP contribution is 2.19. The summed E-state index contributed by atoms with van der Waals surface area (Å²) in [5.41, 5.74) is 3.40. The Morgan fingerprint density at radius 1 is 1.29 bits per heavy atom. The van der Waals surface area contributed by atoms with Gasteiger partial charge in [0.15, 0.2) is 5.11 Å². The standard InChI is InChI=1S/C13H15N5O2S/c1-8-12(9(2)17(3)16-8)15-13(21)14-10-4-6-11(7-5-10)18(19)20/h4-7H,1-3H3,(H2,14,15,21). The normalized spacial score (nSPS) is 10.2. The van der Waals surface area contributed by atoms with Gasteiger partial charge in [-0.3, -0.25) is 14.8 Å². The highest BCUT2D eigenvalue weighted by molar-refractivity contribution is 7.80. The summed E-state index contributed by atoms with van der Waals surface area (Å²) in [6.45, 7) is 3.83. The molecule has 0 aliphatic carbocycles. The van der Waals surface area contributed by atoms with Gasteiger partial charge >= 0.3 is 0 Å². The van der Waals surface area contributed by atoms with E-state index in [-0.39, 0.29) is 5.69 Å². The van der Waals surface area contributed by atoms with Crippen LogP contribution in [0.5, 0.6) is 0 Å². The maximum Gasteiger partial charge on any atom is 0.269 e. The van der Waals surface area contributed by atoms with E-state index in [1.54, 1.807) is 16.8 Å². The molecular formula is C13H15N5O2S. The van der Waals surface area contributed by atoms with Gasteiger partial charge in [0, 0.05) is 24.9 Å². The lowest BCUT2D eigenvalue weighted by Gasteiger charge is -2.10. The molecule has 110 valence electrons. The van der Waals surface area contributed by atoms with Crippen LogP contribution in [0.3, 0.4) is 0 Å². The molecule has 1 heterocycles. The zero-order chi connectivity index (χ0) is 15.6. The van der Waals surface area contributed by atoms with Crippen LogP contribution in [0.25, 0.3) is 0 Å². The number of hydrogen-bond acceptors (Lipinski definition) is 4. The van der Waals surface area contributed by atoms with Gasteiger partial charge < -0.3 is 10.6 Å². The molecule has 2 N–H and O–H groups in total. The zero-order valence-corrected chi connectivity index (χ0v) is 12.7. The minimum absolute atomic E-state index is 0.0402. The van der Waals surface area contributed by atoms with Crippen LogP contribution < -0.4 is 10.6 Å². The number of nitro benzene ring substituents is 1. The Hall–Kier alpha value is -2.48. The minimum atomic E-state index is -0.442. The van der Waals surface area contributed by atoms with Crippen LogP contribution in [0, 0.1) is 24.0 Å². The molecule has 0 bridgehead atoms. The van der Waals surface area contributed by atoms with Gasteiger partial charge in [0.2, 0.25) is 0 Å². The molecule has 7 nitrogen and oxygen atoms in total.